The molecule has 0 fully saturated rings. The zero-order chi connectivity index (χ0) is 14.2. The molecule has 0 aliphatic carbocycles. The van der Waals surface area contributed by atoms with Crippen molar-refractivity contribution in [2.24, 2.45) is 14.1 Å². The summed E-state index contributed by atoms with van der Waals surface area (Å²) in [7, 11) is 3.64. The summed E-state index contributed by atoms with van der Waals surface area (Å²) < 4.78 is 4.02. The van der Waals surface area contributed by atoms with E-state index in [1.807, 2.05) is 27.1 Å². The van der Waals surface area contributed by atoms with Gasteiger partial charge in [0.1, 0.15) is 0 Å². The standard InChI is InChI=1S/C12H16BrN5O/c1-7(9-5-17(3)15-8(9)2)14-12(19)11-10(13)6-18(4)16-11/h5-7H,1-4H3,(H,14,19)/t7-/m0/s1. The van der Waals surface area contributed by atoms with Gasteiger partial charge in [0.25, 0.3) is 5.91 Å². The van der Waals surface area contributed by atoms with E-state index in [1.54, 1.807) is 22.6 Å². The van der Waals surface area contributed by atoms with Crippen LogP contribution in [0.1, 0.15) is 34.7 Å². The average molecular weight is 326 g/mol. The summed E-state index contributed by atoms with van der Waals surface area (Å²) in [6.45, 7) is 3.85. The molecule has 6 nitrogen and oxygen atoms in total. The van der Waals surface area contributed by atoms with E-state index in [2.05, 4.69) is 31.4 Å². The lowest BCUT2D eigenvalue weighted by molar-refractivity contribution is 0.0933. The lowest BCUT2D eigenvalue weighted by atomic mass is 10.1. The van der Waals surface area contributed by atoms with E-state index in [0.29, 0.717) is 10.2 Å². The van der Waals surface area contributed by atoms with Crippen LogP contribution in [0, 0.1) is 6.92 Å². The van der Waals surface area contributed by atoms with Gasteiger partial charge in [-0.1, -0.05) is 0 Å². The number of nitrogens with zero attached hydrogens (tertiary/aromatic N) is 4. The Morgan fingerprint density at radius 2 is 1.95 bits per heavy atom. The van der Waals surface area contributed by atoms with Gasteiger partial charge >= 0.3 is 0 Å². The van der Waals surface area contributed by atoms with Crippen LogP contribution in [0.25, 0.3) is 0 Å². The number of aryl methyl sites for hydroxylation is 3. The fourth-order valence-corrected chi connectivity index (χ4v) is 2.55. The Morgan fingerprint density at radius 3 is 2.42 bits per heavy atom. The smallest absolute Gasteiger partial charge is 0.273 e. The predicted molar refractivity (Wildman–Crippen MR) is 74.7 cm³/mol. The number of nitrogens with one attached hydrogen (secondary N) is 1. The topological polar surface area (TPSA) is 64.7 Å². The summed E-state index contributed by atoms with van der Waals surface area (Å²) in [5.41, 5.74) is 2.30. The minimum Gasteiger partial charge on any atom is -0.344 e. The quantitative estimate of drug-likeness (QED) is 0.934. The molecule has 2 heterocycles. The molecule has 7 heteroatoms. The third kappa shape index (κ3) is 2.86. The first-order valence-corrected chi connectivity index (χ1v) is 6.68. The summed E-state index contributed by atoms with van der Waals surface area (Å²) in [6.07, 6.45) is 3.66. The van der Waals surface area contributed by atoms with Crippen LogP contribution < -0.4 is 5.32 Å². The molecule has 2 rings (SSSR count). The van der Waals surface area contributed by atoms with Crippen LogP contribution in [-0.4, -0.2) is 25.5 Å². The highest BCUT2D eigenvalue weighted by Gasteiger charge is 2.19. The number of hydrogen-bond donors (Lipinski definition) is 1. The fraction of sp³-hybridized carbons (Fsp3) is 0.417. The summed E-state index contributed by atoms with van der Waals surface area (Å²) in [5, 5.41) is 11.3. The highest BCUT2D eigenvalue weighted by atomic mass is 79.9. The van der Waals surface area contributed by atoms with E-state index in [4.69, 9.17) is 0 Å². The number of aromatic nitrogens is 4. The summed E-state index contributed by atoms with van der Waals surface area (Å²) >= 11 is 3.32. The van der Waals surface area contributed by atoms with Crippen LogP contribution in [0.4, 0.5) is 0 Å². The molecule has 1 N–H and O–H groups in total. The largest absolute Gasteiger partial charge is 0.344 e. The number of halogens is 1. The SMILES string of the molecule is Cc1nn(C)cc1[C@H](C)NC(=O)c1nn(C)cc1Br. The van der Waals surface area contributed by atoms with Gasteiger partial charge in [0, 0.05) is 32.1 Å². The van der Waals surface area contributed by atoms with Gasteiger partial charge in [-0.05, 0) is 29.8 Å². The zero-order valence-electron chi connectivity index (χ0n) is 11.3. The molecular weight excluding hydrogens is 310 g/mol. The van der Waals surface area contributed by atoms with Gasteiger partial charge < -0.3 is 5.32 Å². The molecule has 0 aliphatic rings. The normalized spacial score (nSPS) is 12.5. The molecule has 102 valence electrons. The summed E-state index contributed by atoms with van der Waals surface area (Å²) in [5.74, 6) is -0.205. The predicted octanol–water partition coefficient (Wildman–Crippen LogP) is 1.72. The van der Waals surface area contributed by atoms with E-state index in [-0.39, 0.29) is 11.9 Å². The molecule has 2 aromatic rings. The van der Waals surface area contributed by atoms with Crippen molar-refractivity contribution in [3.63, 3.8) is 0 Å². The number of carbonyl (C=O) groups excluding carboxylic acids is 1. The Morgan fingerprint density at radius 1 is 1.32 bits per heavy atom. The monoisotopic (exact) mass is 325 g/mol. The van der Waals surface area contributed by atoms with Crippen LogP contribution in [-0.2, 0) is 14.1 Å². The van der Waals surface area contributed by atoms with Crippen LogP contribution in [0.15, 0.2) is 16.9 Å². The van der Waals surface area contributed by atoms with Crippen molar-refractivity contribution < 1.29 is 4.79 Å². The molecule has 0 bridgehead atoms. The van der Waals surface area contributed by atoms with E-state index in [1.165, 1.54) is 0 Å². The van der Waals surface area contributed by atoms with Gasteiger partial charge in [-0.25, -0.2) is 0 Å². The van der Waals surface area contributed by atoms with Crippen molar-refractivity contribution in [1.82, 2.24) is 24.9 Å². The van der Waals surface area contributed by atoms with E-state index in [9.17, 15) is 4.79 Å². The molecular formula is C12H16BrN5O. The van der Waals surface area contributed by atoms with Gasteiger partial charge in [-0.3, -0.25) is 14.2 Å². The molecule has 19 heavy (non-hydrogen) atoms. The van der Waals surface area contributed by atoms with Crippen molar-refractivity contribution in [3.8, 4) is 0 Å². The third-order valence-electron chi connectivity index (χ3n) is 2.86. The van der Waals surface area contributed by atoms with Gasteiger partial charge in [-0.15, -0.1) is 0 Å². The summed E-state index contributed by atoms with van der Waals surface area (Å²) in [4.78, 5) is 12.1. The minimum atomic E-state index is -0.205. The maximum Gasteiger partial charge on any atom is 0.273 e. The average Bonchev–Trinajstić information content (AvgIpc) is 2.81. The molecule has 0 unspecified atom stereocenters. The lowest BCUT2D eigenvalue weighted by Crippen LogP contribution is -2.27. The maximum atomic E-state index is 12.1. The third-order valence-corrected chi connectivity index (χ3v) is 3.45. The Labute approximate surface area is 119 Å². The van der Waals surface area contributed by atoms with Crippen molar-refractivity contribution in [2.45, 2.75) is 19.9 Å². The summed E-state index contributed by atoms with van der Waals surface area (Å²) in [6, 6.07) is -0.116. The van der Waals surface area contributed by atoms with Crippen molar-refractivity contribution in [1.29, 1.82) is 0 Å². The number of rotatable bonds is 3. The number of carbonyl (C=O) groups is 1. The molecule has 0 saturated carbocycles. The van der Waals surface area contributed by atoms with E-state index in [0.717, 1.165) is 11.3 Å². The first-order valence-electron chi connectivity index (χ1n) is 5.88. The molecule has 0 spiro atoms. The number of hydrogen-bond acceptors (Lipinski definition) is 3. The zero-order valence-corrected chi connectivity index (χ0v) is 12.9. The van der Waals surface area contributed by atoms with Gasteiger partial charge in [0.2, 0.25) is 0 Å². The highest BCUT2D eigenvalue weighted by molar-refractivity contribution is 9.10. The lowest BCUT2D eigenvalue weighted by Gasteiger charge is -2.12. The van der Waals surface area contributed by atoms with Crippen molar-refractivity contribution in [2.75, 3.05) is 0 Å². The number of amides is 1. The Hall–Kier alpha value is -1.63. The van der Waals surface area contributed by atoms with Crippen molar-refractivity contribution in [3.05, 3.63) is 33.8 Å². The second-order valence-corrected chi connectivity index (χ2v) is 5.39. The Kier molecular flexibility index (Phi) is 3.75. The van der Waals surface area contributed by atoms with Gasteiger partial charge in [-0.2, -0.15) is 10.2 Å². The Bertz CT molecular complexity index is 616. The molecule has 0 radical (unpaired) electrons. The molecule has 0 aromatic carbocycles. The van der Waals surface area contributed by atoms with Gasteiger partial charge in [0.05, 0.1) is 16.2 Å². The Balaban J connectivity index is 2.15. The molecule has 2 aromatic heterocycles. The molecule has 0 saturated heterocycles. The first-order chi connectivity index (χ1) is 8.88. The fourth-order valence-electron chi connectivity index (χ4n) is 2.00. The van der Waals surface area contributed by atoms with E-state index >= 15 is 0 Å². The highest BCUT2D eigenvalue weighted by Crippen LogP contribution is 2.18. The van der Waals surface area contributed by atoms with Crippen molar-refractivity contribution >= 4 is 21.8 Å². The molecule has 0 aliphatic heterocycles. The minimum absolute atomic E-state index is 0.116. The second kappa shape index (κ2) is 5.16. The molecule has 1 amide bonds. The van der Waals surface area contributed by atoms with Crippen LogP contribution in [0.2, 0.25) is 0 Å². The maximum absolute atomic E-state index is 12.1. The molecule has 1 atom stereocenters. The second-order valence-electron chi connectivity index (χ2n) is 4.54. The van der Waals surface area contributed by atoms with Gasteiger partial charge in [0.15, 0.2) is 5.69 Å². The van der Waals surface area contributed by atoms with Crippen LogP contribution in [0.3, 0.4) is 0 Å². The van der Waals surface area contributed by atoms with E-state index < -0.39 is 0 Å². The van der Waals surface area contributed by atoms with Crippen LogP contribution in [0.5, 0.6) is 0 Å². The van der Waals surface area contributed by atoms with Crippen LogP contribution >= 0.6 is 15.9 Å². The first kappa shape index (κ1) is 13.8.